The number of rotatable bonds is 3. The van der Waals surface area contributed by atoms with Crippen molar-refractivity contribution in [2.45, 2.75) is 26.3 Å². The van der Waals surface area contributed by atoms with Crippen LogP contribution in [-0.4, -0.2) is 20.7 Å². The first kappa shape index (κ1) is 13.8. The molecule has 0 bridgehead atoms. The molecule has 1 aliphatic rings. The molecular weight excluding hydrogens is 292 g/mol. The molecule has 1 aliphatic carbocycles. The van der Waals surface area contributed by atoms with E-state index in [2.05, 4.69) is 10.1 Å². The first-order valence-electron chi connectivity index (χ1n) is 7.52. The first-order valence-corrected chi connectivity index (χ1v) is 7.52. The molecule has 116 valence electrons. The standard InChI is InChI=1S/C17H16N4O2/c1-10-14-13(23-16(10)17(18)22)6-5-11-8-21(20-15(11)14)9-12-4-2-3-7-19-12/h2-4,7-8H,5-6,9H2,1H3,(H2,18,22). The zero-order chi connectivity index (χ0) is 16.0. The van der Waals surface area contributed by atoms with Gasteiger partial charge < -0.3 is 10.2 Å². The van der Waals surface area contributed by atoms with Crippen molar-refractivity contribution in [3.63, 3.8) is 0 Å². The van der Waals surface area contributed by atoms with Gasteiger partial charge in [-0.05, 0) is 31.0 Å². The van der Waals surface area contributed by atoms with E-state index in [4.69, 9.17) is 10.2 Å². The number of aromatic nitrogens is 3. The largest absolute Gasteiger partial charge is 0.455 e. The minimum atomic E-state index is -0.536. The van der Waals surface area contributed by atoms with Gasteiger partial charge in [-0.25, -0.2) is 0 Å². The van der Waals surface area contributed by atoms with Crippen LogP contribution in [0.1, 0.15) is 33.1 Å². The maximum atomic E-state index is 11.5. The van der Waals surface area contributed by atoms with Crippen molar-refractivity contribution < 1.29 is 9.21 Å². The summed E-state index contributed by atoms with van der Waals surface area (Å²) in [7, 11) is 0. The Bertz CT molecular complexity index is 893. The second-order valence-electron chi connectivity index (χ2n) is 5.74. The van der Waals surface area contributed by atoms with Crippen LogP contribution in [0.15, 0.2) is 35.0 Å². The Kier molecular flexibility index (Phi) is 3.04. The van der Waals surface area contributed by atoms with Crippen molar-refractivity contribution in [2.75, 3.05) is 0 Å². The highest BCUT2D eigenvalue weighted by molar-refractivity contribution is 5.94. The number of aryl methyl sites for hydroxylation is 2. The van der Waals surface area contributed by atoms with Crippen molar-refractivity contribution in [1.82, 2.24) is 14.8 Å². The van der Waals surface area contributed by atoms with Crippen molar-refractivity contribution in [3.05, 3.63) is 58.9 Å². The predicted molar refractivity (Wildman–Crippen MR) is 83.9 cm³/mol. The summed E-state index contributed by atoms with van der Waals surface area (Å²) in [5, 5.41) is 4.69. The van der Waals surface area contributed by atoms with Crippen molar-refractivity contribution in [1.29, 1.82) is 0 Å². The average molecular weight is 308 g/mol. The lowest BCUT2D eigenvalue weighted by molar-refractivity contribution is 0.0971. The number of primary amides is 1. The van der Waals surface area contributed by atoms with Gasteiger partial charge in [0.1, 0.15) is 5.76 Å². The second kappa shape index (κ2) is 5.08. The second-order valence-corrected chi connectivity index (χ2v) is 5.74. The summed E-state index contributed by atoms with van der Waals surface area (Å²) in [6.07, 6.45) is 5.42. The summed E-state index contributed by atoms with van der Waals surface area (Å²) in [5.74, 6) is 0.500. The van der Waals surface area contributed by atoms with Gasteiger partial charge in [0.05, 0.1) is 17.9 Å². The highest BCUT2D eigenvalue weighted by Crippen LogP contribution is 2.38. The summed E-state index contributed by atoms with van der Waals surface area (Å²) in [6, 6.07) is 5.83. The summed E-state index contributed by atoms with van der Waals surface area (Å²) in [5.41, 5.74) is 10.1. The van der Waals surface area contributed by atoms with Gasteiger partial charge in [0.25, 0.3) is 5.91 Å². The normalized spacial score (nSPS) is 12.7. The van der Waals surface area contributed by atoms with Gasteiger partial charge in [0, 0.05) is 29.9 Å². The Morgan fingerprint density at radius 1 is 1.39 bits per heavy atom. The Labute approximate surface area is 132 Å². The molecule has 0 aromatic carbocycles. The molecule has 4 rings (SSSR count). The quantitative estimate of drug-likeness (QED) is 0.802. The van der Waals surface area contributed by atoms with Gasteiger partial charge in [0.15, 0.2) is 5.76 Å². The lowest BCUT2D eigenvalue weighted by atomic mass is 9.93. The molecule has 6 nitrogen and oxygen atoms in total. The van der Waals surface area contributed by atoms with E-state index in [-0.39, 0.29) is 5.76 Å². The fourth-order valence-electron chi connectivity index (χ4n) is 3.14. The molecule has 3 aromatic heterocycles. The lowest BCUT2D eigenvalue weighted by Gasteiger charge is -2.09. The molecule has 1 amide bonds. The number of amides is 1. The number of furan rings is 1. The third-order valence-corrected chi connectivity index (χ3v) is 4.19. The summed E-state index contributed by atoms with van der Waals surface area (Å²) in [4.78, 5) is 15.8. The minimum absolute atomic E-state index is 0.238. The lowest BCUT2D eigenvalue weighted by Crippen LogP contribution is -2.11. The third-order valence-electron chi connectivity index (χ3n) is 4.19. The van der Waals surface area contributed by atoms with Crippen LogP contribution in [-0.2, 0) is 19.4 Å². The number of carbonyl (C=O) groups excluding carboxylic acids is 1. The van der Waals surface area contributed by atoms with E-state index in [1.165, 1.54) is 0 Å². The Morgan fingerprint density at radius 3 is 3.00 bits per heavy atom. The minimum Gasteiger partial charge on any atom is -0.455 e. The van der Waals surface area contributed by atoms with Crippen LogP contribution >= 0.6 is 0 Å². The highest BCUT2D eigenvalue weighted by atomic mass is 16.4. The summed E-state index contributed by atoms with van der Waals surface area (Å²) >= 11 is 0. The molecule has 2 N–H and O–H groups in total. The number of hydrogen-bond acceptors (Lipinski definition) is 4. The molecule has 3 heterocycles. The Morgan fingerprint density at radius 2 is 2.26 bits per heavy atom. The number of pyridine rings is 1. The average Bonchev–Trinajstić information content (AvgIpc) is 3.08. The van der Waals surface area contributed by atoms with Crippen LogP contribution in [0.25, 0.3) is 11.3 Å². The molecule has 0 aliphatic heterocycles. The van der Waals surface area contributed by atoms with Crippen molar-refractivity contribution in [2.24, 2.45) is 5.73 Å². The van der Waals surface area contributed by atoms with Crippen LogP contribution in [0, 0.1) is 6.92 Å². The maximum Gasteiger partial charge on any atom is 0.284 e. The van der Waals surface area contributed by atoms with Crippen LogP contribution in [0.5, 0.6) is 0 Å². The summed E-state index contributed by atoms with van der Waals surface area (Å²) in [6.45, 7) is 2.47. The van der Waals surface area contributed by atoms with Crippen molar-refractivity contribution in [3.8, 4) is 11.3 Å². The maximum absolute atomic E-state index is 11.5. The van der Waals surface area contributed by atoms with E-state index < -0.39 is 5.91 Å². The predicted octanol–water partition coefficient (Wildman–Crippen LogP) is 2.09. The van der Waals surface area contributed by atoms with Gasteiger partial charge in [-0.1, -0.05) is 6.07 Å². The molecule has 6 heteroatoms. The molecule has 0 radical (unpaired) electrons. The SMILES string of the molecule is Cc1c(C(N)=O)oc2c1-c1nn(Cc3ccccn3)cc1CC2. The molecular formula is C17H16N4O2. The molecule has 0 saturated heterocycles. The van der Waals surface area contributed by atoms with E-state index in [1.54, 1.807) is 6.20 Å². The third kappa shape index (κ3) is 2.23. The Hall–Kier alpha value is -2.89. The number of hydrogen-bond donors (Lipinski definition) is 1. The molecule has 0 spiro atoms. The number of nitrogens with zero attached hydrogens (tertiary/aromatic N) is 3. The highest BCUT2D eigenvalue weighted by Gasteiger charge is 2.28. The van der Waals surface area contributed by atoms with Crippen LogP contribution in [0.4, 0.5) is 0 Å². The number of carbonyl (C=O) groups is 1. The molecule has 0 unspecified atom stereocenters. The first-order chi connectivity index (χ1) is 11.1. The van der Waals surface area contributed by atoms with E-state index in [0.29, 0.717) is 6.54 Å². The van der Waals surface area contributed by atoms with Gasteiger partial charge in [-0.15, -0.1) is 0 Å². The Balaban J connectivity index is 1.75. The molecule has 0 atom stereocenters. The topological polar surface area (TPSA) is 86.9 Å². The van der Waals surface area contributed by atoms with E-state index in [0.717, 1.165) is 46.7 Å². The number of fused-ring (bicyclic) bond motifs is 3. The van der Waals surface area contributed by atoms with Gasteiger partial charge in [-0.3, -0.25) is 14.5 Å². The molecule has 23 heavy (non-hydrogen) atoms. The van der Waals surface area contributed by atoms with E-state index >= 15 is 0 Å². The van der Waals surface area contributed by atoms with Gasteiger partial charge in [0.2, 0.25) is 0 Å². The molecule has 3 aromatic rings. The zero-order valence-electron chi connectivity index (χ0n) is 12.7. The molecule has 0 fully saturated rings. The monoisotopic (exact) mass is 308 g/mol. The van der Waals surface area contributed by atoms with Crippen LogP contribution in [0.3, 0.4) is 0 Å². The van der Waals surface area contributed by atoms with Crippen molar-refractivity contribution >= 4 is 5.91 Å². The summed E-state index contributed by atoms with van der Waals surface area (Å²) < 4.78 is 7.53. The van der Waals surface area contributed by atoms with E-state index in [9.17, 15) is 4.79 Å². The van der Waals surface area contributed by atoms with E-state index in [1.807, 2.05) is 36.0 Å². The van der Waals surface area contributed by atoms with Crippen LogP contribution in [0.2, 0.25) is 0 Å². The number of nitrogens with two attached hydrogens (primary N) is 1. The zero-order valence-corrected chi connectivity index (χ0v) is 12.7. The van der Waals surface area contributed by atoms with Crippen LogP contribution < -0.4 is 5.73 Å². The fraction of sp³-hybridized carbons (Fsp3) is 0.235. The van der Waals surface area contributed by atoms with Gasteiger partial charge >= 0.3 is 0 Å². The molecule has 0 saturated carbocycles. The van der Waals surface area contributed by atoms with Gasteiger partial charge in [-0.2, -0.15) is 5.10 Å². The fourth-order valence-corrected chi connectivity index (χ4v) is 3.14. The smallest absolute Gasteiger partial charge is 0.284 e.